The summed E-state index contributed by atoms with van der Waals surface area (Å²) in [6.45, 7) is 0. The molecule has 0 heterocycles. The van der Waals surface area contributed by atoms with Gasteiger partial charge in [-0.25, -0.2) is 5.01 Å². The second-order valence-corrected chi connectivity index (χ2v) is 3.57. The SMILES string of the molecule is CNc1ccc(C(=O)NN(C)C)cc1[N+](=O)[O-]. The highest BCUT2D eigenvalue weighted by Gasteiger charge is 2.16. The minimum atomic E-state index is -0.529. The maximum Gasteiger partial charge on any atom is 0.293 e. The predicted molar refractivity (Wildman–Crippen MR) is 63.8 cm³/mol. The van der Waals surface area contributed by atoms with Crippen molar-refractivity contribution >= 4 is 17.3 Å². The van der Waals surface area contributed by atoms with Gasteiger partial charge in [-0.3, -0.25) is 20.3 Å². The van der Waals surface area contributed by atoms with E-state index in [1.807, 2.05) is 0 Å². The van der Waals surface area contributed by atoms with Gasteiger partial charge in [-0.05, 0) is 12.1 Å². The lowest BCUT2D eigenvalue weighted by Gasteiger charge is -2.12. The number of nitrogens with one attached hydrogen (secondary N) is 2. The van der Waals surface area contributed by atoms with Crippen LogP contribution in [0, 0.1) is 10.1 Å². The smallest absolute Gasteiger partial charge is 0.293 e. The number of rotatable bonds is 4. The van der Waals surface area contributed by atoms with Crippen LogP contribution in [0.4, 0.5) is 11.4 Å². The van der Waals surface area contributed by atoms with Crippen LogP contribution in [0.2, 0.25) is 0 Å². The molecule has 0 aromatic heterocycles. The van der Waals surface area contributed by atoms with Crippen LogP contribution in [-0.2, 0) is 0 Å². The Morgan fingerprint density at radius 2 is 2.06 bits per heavy atom. The maximum atomic E-state index is 11.6. The molecule has 0 spiro atoms. The molecule has 0 aliphatic carbocycles. The first-order chi connectivity index (χ1) is 7.95. The topological polar surface area (TPSA) is 87.5 Å². The summed E-state index contributed by atoms with van der Waals surface area (Å²) in [5.74, 6) is -0.388. The first kappa shape index (κ1) is 12.9. The first-order valence-corrected chi connectivity index (χ1v) is 4.90. The summed E-state index contributed by atoms with van der Waals surface area (Å²) in [4.78, 5) is 21.9. The summed E-state index contributed by atoms with van der Waals surface area (Å²) in [5.41, 5.74) is 3.00. The zero-order valence-electron chi connectivity index (χ0n) is 9.85. The predicted octanol–water partition coefficient (Wildman–Crippen LogP) is 0.843. The van der Waals surface area contributed by atoms with Crippen LogP contribution >= 0.6 is 0 Å². The molecule has 0 saturated heterocycles. The van der Waals surface area contributed by atoms with Crippen molar-refractivity contribution in [1.82, 2.24) is 10.4 Å². The molecule has 7 nitrogen and oxygen atoms in total. The highest BCUT2D eigenvalue weighted by molar-refractivity contribution is 5.95. The van der Waals surface area contributed by atoms with Gasteiger partial charge >= 0.3 is 0 Å². The summed E-state index contributed by atoms with van der Waals surface area (Å²) in [6.07, 6.45) is 0. The molecule has 0 atom stereocenters. The third kappa shape index (κ3) is 3.15. The number of hydrogen-bond donors (Lipinski definition) is 2. The second-order valence-electron chi connectivity index (χ2n) is 3.57. The monoisotopic (exact) mass is 238 g/mol. The Hall–Kier alpha value is -2.15. The molecule has 1 aromatic carbocycles. The molecule has 0 radical (unpaired) electrons. The van der Waals surface area contributed by atoms with Crippen LogP contribution < -0.4 is 10.7 Å². The highest BCUT2D eigenvalue weighted by atomic mass is 16.6. The van der Waals surface area contributed by atoms with Crippen LogP contribution in [0.3, 0.4) is 0 Å². The molecule has 1 aromatic rings. The molecular formula is C10H14N4O3. The van der Waals surface area contributed by atoms with Gasteiger partial charge in [-0.2, -0.15) is 0 Å². The molecule has 2 N–H and O–H groups in total. The molecule has 0 saturated carbocycles. The van der Waals surface area contributed by atoms with Gasteiger partial charge in [0, 0.05) is 32.8 Å². The van der Waals surface area contributed by atoms with Crippen molar-refractivity contribution in [1.29, 1.82) is 0 Å². The molecule has 0 unspecified atom stereocenters. The number of benzene rings is 1. The van der Waals surface area contributed by atoms with Gasteiger partial charge in [0.15, 0.2) is 0 Å². The molecule has 92 valence electrons. The molecule has 0 aliphatic rings. The fourth-order valence-corrected chi connectivity index (χ4v) is 1.30. The largest absolute Gasteiger partial charge is 0.383 e. The van der Waals surface area contributed by atoms with Crippen molar-refractivity contribution in [3.05, 3.63) is 33.9 Å². The van der Waals surface area contributed by atoms with E-state index in [9.17, 15) is 14.9 Å². The van der Waals surface area contributed by atoms with Gasteiger partial charge in [-0.1, -0.05) is 0 Å². The number of nitro groups is 1. The minimum Gasteiger partial charge on any atom is -0.383 e. The van der Waals surface area contributed by atoms with Crippen molar-refractivity contribution in [2.24, 2.45) is 0 Å². The molecule has 0 aliphatic heterocycles. The Kier molecular flexibility index (Phi) is 4.00. The van der Waals surface area contributed by atoms with Gasteiger partial charge in [0.25, 0.3) is 11.6 Å². The van der Waals surface area contributed by atoms with E-state index in [4.69, 9.17) is 0 Å². The Labute approximate surface area is 98.5 Å². The van der Waals surface area contributed by atoms with E-state index in [1.165, 1.54) is 23.2 Å². The van der Waals surface area contributed by atoms with Crippen molar-refractivity contribution in [2.45, 2.75) is 0 Å². The number of amides is 1. The van der Waals surface area contributed by atoms with Gasteiger partial charge in [0.05, 0.1) is 4.92 Å². The molecule has 0 fully saturated rings. The molecule has 1 rings (SSSR count). The fraction of sp³-hybridized carbons (Fsp3) is 0.300. The van der Waals surface area contributed by atoms with Crippen molar-refractivity contribution in [3.8, 4) is 0 Å². The third-order valence-corrected chi connectivity index (χ3v) is 2.05. The van der Waals surface area contributed by atoms with Gasteiger partial charge < -0.3 is 5.32 Å². The van der Waals surface area contributed by atoms with Crippen LogP contribution in [0.15, 0.2) is 18.2 Å². The summed E-state index contributed by atoms with van der Waals surface area (Å²) in [7, 11) is 4.91. The summed E-state index contributed by atoms with van der Waals surface area (Å²) in [5, 5.41) is 15.0. The molecule has 1 amide bonds. The average Bonchev–Trinajstić information content (AvgIpc) is 2.27. The van der Waals surface area contributed by atoms with E-state index in [0.717, 1.165) is 0 Å². The number of anilines is 1. The first-order valence-electron chi connectivity index (χ1n) is 4.90. The summed E-state index contributed by atoms with van der Waals surface area (Å²) in [6, 6.07) is 4.27. The van der Waals surface area contributed by atoms with E-state index in [1.54, 1.807) is 21.1 Å². The number of hydrazine groups is 1. The van der Waals surface area contributed by atoms with Crippen LogP contribution in [0.25, 0.3) is 0 Å². The van der Waals surface area contributed by atoms with Crippen LogP contribution in [-0.4, -0.2) is 37.0 Å². The number of hydrogen-bond acceptors (Lipinski definition) is 5. The van der Waals surface area contributed by atoms with Crippen molar-refractivity contribution < 1.29 is 9.72 Å². The normalized spacial score (nSPS) is 10.1. The Bertz CT molecular complexity index is 445. The average molecular weight is 238 g/mol. The van der Waals surface area contributed by atoms with E-state index in [0.29, 0.717) is 5.69 Å². The molecule has 7 heteroatoms. The maximum absolute atomic E-state index is 11.6. The Balaban J connectivity index is 3.08. The Morgan fingerprint density at radius 1 is 1.41 bits per heavy atom. The Morgan fingerprint density at radius 3 is 2.53 bits per heavy atom. The van der Waals surface area contributed by atoms with Gasteiger partial charge in [-0.15, -0.1) is 0 Å². The van der Waals surface area contributed by atoms with E-state index in [2.05, 4.69) is 10.7 Å². The van der Waals surface area contributed by atoms with Crippen LogP contribution in [0.5, 0.6) is 0 Å². The lowest BCUT2D eigenvalue weighted by atomic mass is 10.1. The lowest BCUT2D eigenvalue weighted by molar-refractivity contribution is -0.384. The van der Waals surface area contributed by atoms with Gasteiger partial charge in [0.2, 0.25) is 0 Å². The zero-order valence-corrected chi connectivity index (χ0v) is 9.85. The summed E-state index contributed by atoms with van der Waals surface area (Å²) >= 11 is 0. The van der Waals surface area contributed by atoms with E-state index < -0.39 is 4.92 Å². The van der Waals surface area contributed by atoms with Gasteiger partial charge in [0.1, 0.15) is 5.69 Å². The van der Waals surface area contributed by atoms with E-state index >= 15 is 0 Å². The fourth-order valence-electron chi connectivity index (χ4n) is 1.30. The number of carbonyl (C=O) groups excluding carboxylic acids is 1. The summed E-state index contributed by atoms with van der Waals surface area (Å²) < 4.78 is 0. The van der Waals surface area contributed by atoms with Crippen molar-refractivity contribution in [2.75, 3.05) is 26.5 Å². The highest BCUT2D eigenvalue weighted by Crippen LogP contribution is 2.24. The number of carbonyl (C=O) groups is 1. The third-order valence-electron chi connectivity index (χ3n) is 2.05. The molecule has 17 heavy (non-hydrogen) atoms. The molecule has 0 bridgehead atoms. The van der Waals surface area contributed by atoms with Crippen LogP contribution in [0.1, 0.15) is 10.4 Å². The lowest BCUT2D eigenvalue weighted by Crippen LogP contribution is -2.36. The number of nitrogens with zero attached hydrogens (tertiary/aromatic N) is 2. The quantitative estimate of drug-likeness (QED) is 0.599. The number of nitro benzene ring substituents is 1. The molecular weight excluding hydrogens is 224 g/mol. The second kappa shape index (κ2) is 5.26. The standard InChI is InChI=1S/C10H14N4O3/c1-11-8-5-4-7(6-9(8)14(16)17)10(15)12-13(2)3/h4-6,11H,1-3H3,(H,12,15). The van der Waals surface area contributed by atoms with E-state index in [-0.39, 0.29) is 17.2 Å². The van der Waals surface area contributed by atoms with Crippen molar-refractivity contribution in [3.63, 3.8) is 0 Å². The zero-order chi connectivity index (χ0) is 13.0. The minimum absolute atomic E-state index is 0.126.